The summed E-state index contributed by atoms with van der Waals surface area (Å²) in [6.07, 6.45) is 4.11. The first kappa shape index (κ1) is 16.0. The van der Waals surface area contributed by atoms with Gasteiger partial charge in [-0.05, 0) is 43.0 Å². The maximum atomic E-state index is 12.3. The molecule has 0 radical (unpaired) electrons. The monoisotopic (exact) mass is 310 g/mol. The van der Waals surface area contributed by atoms with Crippen LogP contribution < -0.4 is 11.1 Å². The highest BCUT2D eigenvalue weighted by Gasteiger charge is 2.31. The van der Waals surface area contributed by atoms with Crippen molar-refractivity contribution in [3.05, 3.63) is 29.8 Å². The number of nitrogens with two attached hydrogens (primary N) is 1. The minimum Gasteiger partial charge on any atom is -0.330 e. The van der Waals surface area contributed by atoms with Crippen molar-refractivity contribution in [3.8, 4) is 0 Å². The Kier molecular flexibility index (Phi) is 5.00. The Bertz CT molecular complexity index is 613. The van der Waals surface area contributed by atoms with E-state index in [0.717, 1.165) is 19.3 Å². The van der Waals surface area contributed by atoms with Gasteiger partial charge in [-0.1, -0.05) is 18.6 Å². The predicted octanol–water partition coefficient (Wildman–Crippen LogP) is 1.54. The highest BCUT2D eigenvalue weighted by atomic mass is 32.2. The van der Waals surface area contributed by atoms with Gasteiger partial charge in [-0.25, -0.2) is 8.42 Å². The van der Waals surface area contributed by atoms with E-state index in [0.29, 0.717) is 17.8 Å². The first-order valence-corrected chi connectivity index (χ1v) is 9.22. The smallest absolute Gasteiger partial charge is 0.227 e. The van der Waals surface area contributed by atoms with Crippen molar-refractivity contribution < 1.29 is 13.2 Å². The van der Waals surface area contributed by atoms with Gasteiger partial charge in [0.05, 0.1) is 5.75 Å². The van der Waals surface area contributed by atoms with Crippen LogP contribution in [0, 0.1) is 11.8 Å². The van der Waals surface area contributed by atoms with Crippen LogP contribution in [0.2, 0.25) is 0 Å². The lowest BCUT2D eigenvalue weighted by molar-refractivity contribution is -0.120. The summed E-state index contributed by atoms with van der Waals surface area (Å²) < 4.78 is 22.6. The van der Waals surface area contributed by atoms with Crippen molar-refractivity contribution in [1.29, 1.82) is 0 Å². The van der Waals surface area contributed by atoms with E-state index in [1.54, 1.807) is 24.3 Å². The van der Waals surface area contributed by atoms with Crippen LogP contribution in [0.4, 0.5) is 5.69 Å². The lowest BCUT2D eigenvalue weighted by Gasteiger charge is -2.17. The van der Waals surface area contributed by atoms with Gasteiger partial charge in [-0.15, -0.1) is 0 Å². The molecular formula is C15H22N2O3S. The first-order chi connectivity index (χ1) is 9.89. The van der Waals surface area contributed by atoms with E-state index in [9.17, 15) is 13.2 Å². The van der Waals surface area contributed by atoms with Crippen LogP contribution in [0.15, 0.2) is 24.3 Å². The van der Waals surface area contributed by atoms with E-state index < -0.39 is 9.84 Å². The van der Waals surface area contributed by atoms with Crippen LogP contribution in [0.25, 0.3) is 0 Å². The van der Waals surface area contributed by atoms with Crippen LogP contribution in [-0.4, -0.2) is 27.1 Å². The minimum absolute atomic E-state index is 0.0144. The van der Waals surface area contributed by atoms with E-state index in [2.05, 4.69) is 5.32 Å². The molecule has 5 nitrogen and oxygen atoms in total. The average Bonchev–Trinajstić information content (AvgIpc) is 2.85. The Labute approximate surface area is 125 Å². The zero-order valence-electron chi connectivity index (χ0n) is 12.2. The summed E-state index contributed by atoms with van der Waals surface area (Å²) in [4.78, 5) is 12.3. The topological polar surface area (TPSA) is 89.3 Å². The summed E-state index contributed by atoms with van der Waals surface area (Å²) in [5, 5.41) is 2.89. The number of carbonyl (C=O) groups is 1. The Hall–Kier alpha value is -1.40. The molecule has 21 heavy (non-hydrogen) atoms. The van der Waals surface area contributed by atoms with E-state index in [-0.39, 0.29) is 23.5 Å². The van der Waals surface area contributed by atoms with Gasteiger partial charge in [-0.3, -0.25) is 4.79 Å². The molecule has 0 aliphatic heterocycles. The Morgan fingerprint density at radius 2 is 2.14 bits per heavy atom. The van der Waals surface area contributed by atoms with Crippen LogP contribution in [-0.2, 0) is 20.4 Å². The van der Waals surface area contributed by atoms with Gasteiger partial charge < -0.3 is 11.1 Å². The second-order valence-corrected chi connectivity index (χ2v) is 7.93. The Balaban J connectivity index is 2.06. The summed E-state index contributed by atoms with van der Waals surface area (Å²) >= 11 is 0. The Morgan fingerprint density at radius 3 is 2.81 bits per heavy atom. The number of carbonyl (C=O) groups excluding carboxylic acids is 1. The van der Waals surface area contributed by atoms with Crippen LogP contribution in [0.5, 0.6) is 0 Å². The fraction of sp³-hybridized carbons (Fsp3) is 0.533. The number of sulfone groups is 1. The zero-order valence-corrected chi connectivity index (χ0v) is 13.0. The molecular weight excluding hydrogens is 288 g/mol. The van der Waals surface area contributed by atoms with Crippen molar-refractivity contribution in [2.75, 3.05) is 18.1 Å². The summed E-state index contributed by atoms with van der Waals surface area (Å²) in [5.74, 6) is 0.184. The van der Waals surface area contributed by atoms with Crippen LogP contribution in [0.3, 0.4) is 0 Å². The molecule has 0 heterocycles. The van der Waals surface area contributed by atoms with Gasteiger partial charge in [-0.2, -0.15) is 0 Å². The molecule has 2 atom stereocenters. The molecule has 1 saturated carbocycles. The number of benzene rings is 1. The summed E-state index contributed by atoms with van der Waals surface area (Å²) in [5.41, 5.74) is 7.02. The lowest BCUT2D eigenvalue weighted by atomic mass is 9.95. The first-order valence-electron chi connectivity index (χ1n) is 7.16. The van der Waals surface area contributed by atoms with Gasteiger partial charge in [0.2, 0.25) is 5.91 Å². The zero-order chi connectivity index (χ0) is 15.5. The quantitative estimate of drug-likeness (QED) is 0.863. The van der Waals surface area contributed by atoms with E-state index in [1.807, 2.05) is 0 Å². The molecule has 0 spiro atoms. The standard InChI is InChI=1S/C15H22N2O3S/c1-21(19,20)10-11-4-2-6-13(8-11)17-15(18)14-7-3-5-12(14)9-16/h2,4,6,8,12,14H,3,5,7,9-10,16H2,1H3,(H,17,18)/t12-,14-/m1/s1. The predicted molar refractivity (Wildman–Crippen MR) is 83.5 cm³/mol. The van der Waals surface area contributed by atoms with Crippen molar-refractivity contribution in [2.45, 2.75) is 25.0 Å². The van der Waals surface area contributed by atoms with Gasteiger partial charge >= 0.3 is 0 Å². The number of hydrogen-bond donors (Lipinski definition) is 2. The highest BCUT2D eigenvalue weighted by molar-refractivity contribution is 7.89. The van der Waals surface area contributed by atoms with Crippen molar-refractivity contribution in [2.24, 2.45) is 17.6 Å². The van der Waals surface area contributed by atoms with Gasteiger partial charge in [0.15, 0.2) is 9.84 Å². The SMILES string of the molecule is CS(=O)(=O)Cc1cccc(NC(=O)[C@@H]2CCC[C@@H]2CN)c1. The highest BCUT2D eigenvalue weighted by Crippen LogP contribution is 2.31. The summed E-state index contributed by atoms with van der Waals surface area (Å²) in [6.45, 7) is 0.534. The lowest BCUT2D eigenvalue weighted by Crippen LogP contribution is -2.29. The molecule has 0 unspecified atom stereocenters. The van der Waals surface area contributed by atoms with Crippen LogP contribution in [0.1, 0.15) is 24.8 Å². The van der Waals surface area contributed by atoms with E-state index in [1.165, 1.54) is 6.26 Å². The third-order valence-corrected chi connectivity index (χ3v) is 4.78. The molecule has 0 bridgehead atoms. The molecule has 0 aromatic heterocycles. The fourth-order valence-electron chi connectivity index (χ4n) is 2.94. The molecule has 1 fully saturated rings. The van der Waals surface area contributed by atoms with Gasteiger partial charge in [0, 0.05) is 17.9 Å². The Morgan fingerprint density at radius 1 is 1.38 bits per heavy atom. The summed E-state index contributed by atoms with van der Waals surface area (Å²) in [7, 11) is -3.08. The fourth-order valence-corrected chi connectivity index (χ4v) is 3.73. The molecule has 0 saturated heterocycles. The van der Waals surface area contributed by atoms with E-state index in [4.69, 9.17) is 5.73 Å². The number of hydrogen-bond acceptors (Lipinski definition) is 4. The molecule has 1 aromatic carbocycles. The second kappa shape index (κ2) is 6.58. The number of rotatable bonds is 5. The molecule has 1 aliphatic carbocycles. The molecule has 1 aliphatic rings. The number of nitrogens with one attached hydrogen (secondary N) is 1. The second-order valence-electron chi connectivity index (χ2n) is 5.79. The van der Waals surface area contributed by atoms with Crippen LogP contribution >= 0.6 is 0 Å². The minimum atomic E-state index is -3.08. The van der Waals surface area contributed by atoms with E-state index >= 15 is 0 Å². The van der Waals surface area contributed by atoms with Crippen molar-refractivity contribution in [3.63, 3.8) is 0 Å². The molecule has 6 heteroatoms. The molecule has 3 N–H and O–H groups in total. The molecule has 116 valence electrons. The molecule has 1 aromatic rings. The largest absolute Gasteiger partial charge is 0.330 e. The third-order valence-electron chi connectivity index (χ3n) is 3.92. The third kappa shape index (κ3) is 4.54. The van der Waals surface area contributed by atoms with Crippen molar-refractivity contribution in [1.82, 2.24) is 0 Å². The van der Waals surface area contributed by atoms with Gasteiger partial charge in [0.25, 0.3) is 0 Å². The van der Waals surface area contributed by atoms with Gasteiger partial charge in [0.1, 0.15) is 0 Å². The molecule has 1 amide bonds. The average molecular weight is 310 g/mol. The maximum Gasteiger partial charge on any atom is 0.227 e. The summed E-state index contributed by atoms with van der Waals surface area (Å²) in [6, 6.07) is 6.99. The normalized spacial score (nSPS) is 22.2. The number of anilines is 1. The maximum absolute atomic E-state index is 12.3. The molecule has 2 rings (SSSR count). The number of amides is 1. The van der Waals surface area contributed by atoms with Crippen molar-refractivity contribution >= 4 is 21.4 Å².